The van der Waals surface area contributed by atoms with Crippen LogP contribution in [-0.2, 0) is 14.3 Å². The van der Waals surface area contributed by atoms with E-state index < -0.39 is 5.60 Å². The lowest BCUT2D eigenvalue weighted by Crippen LogP contribution is -2.44. The van der Waals surface area contributed by atoms with Crippen LogP contribution in [0.1, 0.15) is 51.4 Å². The molecular weight excluding hydrogens is 344 g/mol. The molecule has 6 nitrogen and oxygen atoms in total. The molecule has 148 valence electrons. The molecule has 0 bridgehead atoms. The van der Waals surface area contributed by atoms with Crippen molar-refractivity contribution in [1.82, 2.24) is 4.90 Å². The number of nitrogens with zero attached hydrogens (tertiary/aromatic N) is 1. The van der Waals surface area contributed by atoms with E-state index in [2.05, 4.69) is 5.32 Å². The average molecular weight is 374 g/mol. The first-order chi connectivity index (χ1) is 13.1. The zero-order valence-corrected chi connectivity index (χ0v) is 16.2. The molecule has 2 fully saturated rings. The van der Waals surface area contributed by atoms with Gasteiger partial charge in [-0.25, -0.2) is 0 Å². The summed E-state index contributed by atoms with van der Waals surface area (Å²) in [6.45, 7) is 1.71. The van der Waals surface area contributed by atoms with Crippen molar-refractivity contribution in [2.24, 2.45) is 0 Å². The molecule has 1 N–H and O–H groups in total. The molecule has 1 aromatic rings. The zero-order chi connectivity index (χ0) is 19.1. The van der Waals surface area contributed by atoms with Crippen LogP contribution in [0.3, 0.4) is 0 Å². The molecule has 0 unspecified atom stereocenters. The summed E-state index contributed by atoms with van der Waals surface area (Å²) in [6, 6.07) is 7.15. The minimum Gasteiger partial charge on any atom is -0.484 e. The van der Waals surface area contributed by atoms with Crippen molar-refractivity contribution < 1.29 is 19.1 Å². The number of amides is 2. The summed E-state index contributed by atoms with van der Waals surface area (Å²) >= 11 is 0. The molecule has 2 aliphatic rings. The average Bonchev–Trinajstić information content (AvgIpc) is 3.12. The maximum absolute atomic E-state index is 12.8. The monoisotopic (exact) mass is 374 g/mol. The van der Waals surface area contributed by atoms with E-state index in [0.717, 1.165) is 64.5 Å². The van der Waals surface area contributed by atoms with Crippen molar-refractivity contribution in [3.8, 4) is 5.75 Å². The third-order valence-electron chi connectivity index (χ3n) is 5.65. The number of carbonyl (C=O) groups excluding carboxylic acids is 2. The Morgan fingerprint density at radius 1 is 1.00 bits per heavy atom. The molecule has 0 aromatic heterocycles. The largest absolute Gasteiger partial charge is 0.484 e. The number of ether oxygens (including phenoxy) is 2. The highest BCUT2D eigenvalue weighted by Gasteiger charge is 2.38. The van der Waals surface area contributed by atoms with Crippen LogP contribution in [0.4, 0.5) is 5.69 Å². The second-order valence-electron chi connectivity index (χ2n) is 7.47. The molecule has 1 saturated heterocycles. The highest BCUT2D eigenvalue weighted by Crippen LogP contribution is 2.31. The molecule has 6 heteroatoms. The number of hydrogen-bond acceptors (Lipinski definition) is 4. The summed E-state index contributed by atoms with van der Waals surface area (Å²) < 4.78 is 11.2. The molecule has 1 aromatic carbocycles. The van der Waals surface area contributed by atoms with E-state index in [0.29, 0.717) is 11.4 Å². The normalized spacial score (nSPS) is 19.4. The van der Waals surface area contributed by atoms with Crippen LogP contribution in [-0.4, -0.2) is 49.1 Å². The van der Waals surface area contributed by atoms with E-state index in [-0.39, 0.29) is 18.4 Å². The molecule has 2 amide bonds. The van der Waals surface area contributed by atoms with Gasteiger partial charge < -0.3 is 19.7 Å². The third kappa shape index (κ3) is 5.01. The maximum Gasteiger partial charge on any atom is 0.260 e. The van der Waals surface area contributed by atoms with Gasteiger partial charge in [-0.3, -0.25) is 9.59 Å². The van der Waals surface area contributed by atoms with Gasteiger partial charge in [-0.15, -0.1) is 0 Å². The zero-order valence-electron chi connectivity index (χ0n) is 16.2. The van der Waals surface area contributed by atoms with Gasteiger partial charge in [0.25, 0.3) is 11.8 Å². The number of likely N-dealkylation sites (tertiary alicyclic amines) is 1. The Labute approximate surface area is 161 Å². The Morgan fingerprint density at radius 3 is 2.22 bits per heavy atom. The van der Waals surface area contributed by atoms with Crippen molar-refractivity contribution in [2.45, 2.75) is 57.0 Å². The van der Waals surface area contributed by atoms with Crippen LogP contribution >= 0.6 is 0 Å². The first-order valence-electron chi connectivity index (χ1n) is 10.0. The van der Waals surface area contributed by atoms with Crippen molar-refractivity contribution in [1.29, 1.82) is 0 Å². The number of carbonyl (C=O) groups is 2. The Balaban J connectivity index is 1.53. The number of benzene rings is 1. The molecule has 0 radical (unpaired) electrons. The van der Waals surface area contributed by atoms with Crippen LogP contribution in [0.25, 0.3) is 0 Å². The highest BCUT2D eigenvalue weighted by atomic mass is 16.5. The summed E-state index contributed by atoms with van der Waals surface area (Å²) in [5.74, 6) is 0.571. The summed E-state index contributed by atoms with van der Waals surface area (Å²) in [4.78, 5) is 26.7. The molecule has 27 heavy (non-hydrogen) atoms. The molecule has 0 spiro atoms. The van der Waals surface area contributed by atoms with Crippen molar-refractivity contribution in [3.05, 3.63) is 24.3 Å². The van der Waals surface area contributed by atoms with Crippen LogP contribution in [0.15, 0.2) is 24.3 Å². The van der Waals surface area contributed by atoms with Crippen LogP contribution in [0, 0.1) is 0 Å². The molecule has 1 aliphatic carbocycles. The molecule has 1 saturated carbocycles. The second-order valence-corrected chi connectivity index (χ2v) is 7.47. The predicted octanol–water partition coefficient (Wildman–Crippen LogP) is 3.37. The van der Waals surface area contributed by atoms with Crippen molar-refractivity contribution in [3.63, 3.8) is 0 Å². The summed E-state index contributed by atoms with van der Waals surface area (Å²) in [5, 5.41) is 2.97. The summed E-state index contributed by atoms with van der Waals surface area (Å²) in [6.07, 6.45) is 8.00. The first kappa shape index (κ1) is 19.7. The lowest BCUT2D eigenvalue weighted by atomic mass is 9.93. The van der Waals surface area contributed by atoms with E-state index in [9.17, 15) is 9.59 Å². The van der Waals surface area contributed by atoms with E-state index in [1.165, 1.54) is 0 Å². The van der Waals surface area contributed by atoms with Gasteiger partial charge in [0.05, 0.1) is 0 Å². The smallest absolute Gasteiger partial charge is 0.260 e. The number of methoxy groups -OCH3 is 1. The number of hydrogen-bond donors (Lipinski definition) is 1. The summed E-state index contributed by atoms with van der Waals surface area (Å²) in [7, 11) is 1.62. The van der Waals surface area contributed by atoms with Crippen LogP contribution in [0.5, 0.6) is 5.75 Å². The molecule has 1 heterocycles. The van der Waals surface area contributed by atoms with Crippen molar-refractivity contribution >= 4 is 17.5 Å². The van der Waals surface area contributed by atoms with E-state index >= 15 is 0 Å². The van der Waals surface area contributed by atoms with Crippen molar-refractivity contribution in [2.75, 3.05) is 32.1 Å². The fraction of sp³-hybridized carbons (Fsp3) is 0.619. The van der Waals surface area contributed by atoms with Gasteiger partial charge in [-0.05, 0) is 49.9 Å². The maximum atomic E-state index is 12.8. The number of rotatable bonds is 6. The minimum absolute atomic E-state index is 0.0280. The first-order valence-corrected chi connectivity index (χ1v) is 10.0. The molecular formula is C21H30N2O4. The van der Waals surface area contributed by atoms with Gasteiger partial charge in [0.15, 0.2) is 6.61 Å². The van der Waals surface area contributed by atoms with Gasteiger partial charge in [-0.1, -0.05) is 25.7 Å². The van der Waals surface area contributed by atoms with Gasteiger partial charge in [-0.2, -0.15) is 0 Å². The number of nitrogens with one attached hydrogen (secondary N) is 1. The minimum atomic E-state index is -0.728. The Morgan fingerprint density at radius 2 is 1.63 bits per heavy atom. The van der Waals surface area contributed by atoms with E-state index in [4.69, 9.17) is 9.47 Å². The predicted molar refractivity (Wildman–Crippen MR) is 104 cm³/mol. The van der Waals surface area contributed by atoms with E-state index in [1.54, 1.807) is 31.4 Å². The molecule has 0 atom stereocenters. The lowest BCUT2D eigenvalue weighted by Gasteiger charge is -2.29. The fourth-order valence-corrected chi connectivity index (χ4v) is 3.91. The van der Waals surface area contributed by atoms with Gasteiger partial charge in [0.1, 0.15) is 11.4 Å². The Bertz CT molecular complexity index is 630. The van der Waals surface area contributed by atoms with Crippen LogP contribution < -0.4 is 10.1 Å². The highest BCUT2D eigenvalue weighted by molar-refractivity contribution is 5.97. The topological polar surface area (TPSA) is 67.9 Å². The van der Waals surface area contributed by atoms with Crippen LogP contribution in [0.2, 0.25) is 0 Å². The SMILES string of the molecule is COC1(C(=O)Nc2ccc(OCC(=O)N3CCCC3)cc2)CCCCCC1. The standard InChI is InChI=1S/C21H30N2O4/c1-26-21(12-4-2-3-5-13-21)20(25)22-17-8-10-18(11-9-17)27-16-19(24)23-14-6-7-15-23/h8-11H,2-7,12-16H2,1H3,(H,22,25). The molecule has 1 aliphatic heterocycles. The lowest BCUT2D eigenvalue weighted by molar-refractivity contribution is -0.139. The summed E-state index contributed by atoms with van der Waals surface area (Å²) in [5.41, 5.74) is -0.0210. The quantitative estimate of drug-likeness (QED) is 0.775. The fourth-order valence-electron chi connectivity index (χ4n) is 3.91. The van der Waals surface area contributed by atoms with E-state index in [1.807, 2.05) is 4.90 Å². The second kappa shape index (κ2) is 9.22. The Hall–Kier alpha value is -2.08. The Kier molecular flexibility index (Phi) is 6.72. The third-order valence-corrected chi connectivity index (χ3v) is 5.65. The van der Waals surface area contributed by atoms with Gasteiger partial charge in [0.2, 0.25) is 0 Å². The molecule has 3 rings (SSSR count). The van der Waals surface area contributed by atoms with Gasteiger partial charge >= 0.3 is 0 Å². The number of anilines is 1. The van der Waals surface area contributed by atoms with Gasteiger partial charge in [0, 0.05) is 25.9 Å².